The van der Waals surface area contributed by atoms with Crippen LogP contribution >= 0.6 is 0 Å². The Morgan fingerprint density at radius 3 is 2.33 bits per heavy atom. The average Bonchev–Trinajstić information content (AvgIpc) is 1.65. The average molecular weight is 131 g/mol. The molecule has 0 rings (SSSR count). The van der Waals surface area contributed by atoms with Gasteiger partial charge in [0.05, 0.1) is 0 Å². The van der Waals surface area contributed by atoms with Crippen LogP contribution in [0.1, 0.15) is 26.7 Å². The highest BCUT2D eigenvalue weighted by Crippen LogP contribution is 2.09. The second-order valence-electron chi connectivity index (χ2n) is 2.39. The molecule has 1 amide bonds. The molecule has 0 radical (unpaired) electrons. The lowest BCUT2D eigenvalue weighted by molar-refractivity contribution is -0.135. The van der Waals surface area contributed by atoms with Crippen molar-refractivity contribution < 1.29 is 9.90 Å². The Bertz CT molecular complexity index is 110. The molecule has 1 atom stereocenters. The molecule has 0 aliphatic heterocycles. The molecular formula is C6H13NO2. The smallest absolute Gasteiger partial charge is 0.249 e. The van der Waals surface area contributed by atoms with Gasteiger partial charge < -0.3 is 10.8 Å². The molecule has 0 saturated heterocycles. The summed E-state index contributed by atoms with van der Waals surface area (Å²) in [5, 5.41) is 9.12. The summed E-state index contributed by atoms with van der Waals surface area (Å²) in [6, 6.07) is 0. The number of hydrogen-bond donors (Lipinski definition) is 2. The van der Waals surface area contributed by atoms with Crippen molar-refractivity contribution in [3.05, 3.63) is 0 Å². The van der Waals surface area contributed by atoms with E-state index in [4.69, 9.17) is 10.8 Å². The van der Waals surface area contributed by atoms with E-state index in [9.17, 15) is 4.79 Å². The Morgan fingerprint density at radius 1 is 1.78 bits per heavy atom. The third-order valence-electron chi connectivity index (χ3n) is 1.27. The summed E-state index contributed by atoms with van der Waals surface area (Å²) in [6.45, 7) is 3.32. The molecule has 0 aromatic rings. The van der Waals surface area contributed by atoms with Crippen molar-refractivity contribution in [2.75, 3.05) is 0 Å². The molecule has 3 nitrogen and oxygen atoms in total. The van der Waals surface area contributed by atoms with Crippen molar-refractivity contribution in [2.24, 2.45) is 5.73 Å². The molecule has 3 heteroatoms. The van der Waals surface area contributed by atoms with Gasteiger partial charge in [-0.1, -0.05) is 13.3 Å². The van der Waals surface area contributed by atoms with E-state index in [-0.39, 0.29) is 0 Å². The summed E-state index contributed by atoms with van der Waals surface area (Å²) < 4.78 is 0. The Labute approximate surface area is 54.9 Å². The highest BCUT2D eigenvalue weighted by Gasteiger charge is 2.25. The molecule has 0 unspecified atom stereocenters. The van der Waals surface area contributed by atoms with Gasteiger partial charge in [-0.05, 0) is 13.3 Å². The number of nitrogens with two attached hydrogens (primary N) is 1. The Hall–Kier alpha value is -0.570. The Morgan fingerprint density at radius 2 is 2.22 bits per heavy atom. The van der Waals surface area contributed by atoms with Crippen LogP contribution in [0.3, 0.4) is 0 Å². The maximum atomic E-state index is 10.4. The van der Waals surface area contributed by atoms with E-state index in [1.807, 2.05) is 6.92 Å². The molecule has 0 bridgehead atoms. The van der Waals surface area contributed by atoms with Crippen molar-refractivity contribution in [1.29, 1.82) is 0 Å². The zero-order valence-electron chi connectivity index (χ0n) is 5.85. The van der Waals surface area contributed by atoms with Gasteiger partial charge in [-0.2, -0.15) is 0 Å². The molecule has 3 N–H and O–H groups in total. The van der Waals surface area contributed by atoms with Crippen LogP contribution in [0.5, 0.6) is 0 Å². The molecule has 9 heavy (non-hydrogen) atoms. The molecule has 54 valence electrons. The lowest BCUT2D eigenvalue weighted by Gasteiger charge is -2.16. The minimum atomic E-state index is -1.31. The van der Waals surface area contributed by atoms with Gasteiger partial charge in [-0.3, -0.25) is 4.79 Å². The first-order valence-electron chi connectivity index (χ1n) is 3.03. The molecule has 0 heterocycles. The van der Waals surface area contributed by atoms with Crippen molar-refractivity contribution in [3.63, 3.8) is 0 Å². The summed E-state index contributed by atoms with van der Waals surface area (Å²) in [5.74, 6) is -0.649. The number of amides is 1. The predicted octanol–water partition coefficient (Wildman–Crippen LogP) is 0.0228. The van der Waals surface area contributed by atoms with Crippen LogP contribution < -0.4 is 5.73 Å². The first kappa shape index (κ1) is 8.43. The van der Waals surface area contributed by atoms with E-state index in [1.54, 1.807) is 0 Å². The monoisotopic (exact) mass is 131 g/mol. The van der Waals surface area contributed by atoms with Crippen molar-refractivity contribution >= 4 is 5.91 Å². The molecule has 0 saturated carbocycles. The number of rotatable bonds is 3. The van der Waals surface area contributed by atoms with Gasteiger partial charge >= 0.3 is 0 Å². The van der Waals surface area contributed by atoms with E-state index in [0.717, 1.165) is 6.42 Å². The summed E-state index contributed by atoms with van der Waals surface area (Å²) in [5.41, 5.74) is 3.56. The molecule has 0 spiro atoms. The van der Waals surface area contributed by atoms with Gasteiger partial charge in [-0.15, -0.1) is 0 Å². The molecule has 0 aromatic carbocycles. The van der Waals surface area contributed by atoms with Gasteiger partial charge in [0, 0.05) is 0 Å². The number of primary amides is 1. The van der Waals surface area contributed by atoms with E-state index < -0.39 is 11.5 Å². The lowest BCUT2D eigenvalue weighted by atomic mass is 10.0. The quantitative estimate of drug-likeness (QED) is 0.567. The molecular weight excluding hydrogens is 118 g/mol. The number of carbonyl (C=O) groups excluding carboxylic acids is 1. The normalized spacial score (nSPS) is 16.8. The van der Waals surface area contributed by atoms with Gasteiger partial charge in [0.15, 0.2) is 0 Å². The fourth-order valence-corrected chi connectivity index (χ4v) is 0.610. The summed E-state index contributed by atoms with van der Waals surface area (Å²) in [7, 11) is 0. The van der Waals surface area contributed by atoms with Crippen LogP contribution in [0.15, 0.2) is 0 Å². The van der Waals surface area contributed by atoms with Crippen molar-refractivity contribution in [2.45, 2.75) is 32.3 Å². The summed E-state index contributed by atoms with van der Waals surface area (Å²) in [6.07, 6.45) is 1.19. The second-order valence-corrected chi connectivity index (χ2v) is 2.39. The lowest BCUT2D eigenvalue weighted by Crippen LogP contribution is -2.40. The van der Waals surface area contributed by atoms with E-state index in [1.165, 1.54) is 6.92 Å². The minimum Gasteiger partial charge on any atom is -0.380 e. The highest BCUT2D eigenvalue weighted by molar-refractivity contribution is 5.82. The maximum Gasteiger partial charge on any atom is 0.249 e. The van der Waals surface area contributed by atoms with E-state index in [2.05, 4.69) is 0 Å². The minimum absolute atomic E-state index is 0.433. The van der Waals surface area contributed by atoms with Crippen LogP contribution in [0.2, 0.25) is 0 Å². The fraction of sp³-hybridized carbons (Fsp3) is 0.833. The Kier molecular flexibility index (Phi) is 2.65. The van der Waals surface area contributed by atoms with Gasteiger partial charge in [0.25, 0.3) is 0 Å². The van der Waals surface area contributed by atoms with Gasteiger partial charge in [0.1, 0.15) is 5.60 Å². The zero-order valence-corrected chi connectivity index (χ0v) is 5.85. The van der Waals surface area contributed by atoms with Crippen molar-refractivity contribution in [1.82, 2.24) is 0 Å². The first-order chi connectivity index (χ1) is 4.00. The number of carbonyl (C=O) groups is 1. The number of hydrogen-bond acceptors (Lipinski definition) is 2. The van der Waals surface area contributed by atoms with Crippen LogP contribution in [-0.4, -0.2) is 16.6 Å². The first-order valence-corrected chi connectivity index (χ1v) is 3.03. The standard InChI is InChI=1S/C6H13NO2/c1-3-4-6(2,9)5(7)8/h9H,3-4H2,1-2H3,(H2,7,8)/t6-/m0/s1. The van der Waals surface area contributed by atoms with Crippen LogP contribution in [0.25, 0.3) is 0 Å². The molecule has 0 aliphatic carbocycles. The third kappa shape index (κ3) is 2.46. The molecule has 0 fully saturated rings. The summed E-state index contributed by atoms with van der Waals surface area (Å²) >= 11 is 0. The Balaban J connectivity index is 3.85. The summed E-state index contributed by atoms with van der Waals surface area (Å²) in [4.78, 5) is 10.4. The molecule has 0 aromatic heterocycles. The topological polar surface area (TPSA) is 63.3 Å². The highest BCUT2D eigenvalue weighted by atomic mass is 16.3. The SMILES string of the molecule is CCC[C@](C)(O)C(N)=O. The third-order valence-corrected chi connectivity index (χ3v) is 1.27. The van der Waals surface area contributed by atoms with Gasteiger partial charge in [-0.25, -0.2) is 0 Å². The van der Waals surface area contributed by atoms with Crippen LogP contribution in [-0.2, 0) is 4.79 Å². The van der Waals surface area contributed by atoms with E-state index in [0.29, 0.717) is 6.42 Å². The number of aliphatic hydroxyl groups is 1. The fourth-order valence-electron chi connectivity index (χ4n) is 0.610. The zero-order chi connectivity index (χ0) is 7.49. The van der Waals surface area contributed by atoms with Gasteiger partial charge in [0.2, 0.25) is 5.91 Å². The second kappa shape index (κ2) is 2.82. The van der Waals surface area contributed by atoms with Crippen molar-refractivity contribution in [3.8, 4) is 0 Å². The van der Waals surface area contributed by atoms with Crippen LogP contribution in [0.4, 0.5) is 0 Å². The van der Waals surface area contributed by atoms with E-state index >= 15 is 0 Å². The maximum absolute atomic E-state index is 10.4. The predicted molar refractivity (Wildman–Crippen MR) is 34.7 cm³/mol. The van der Waals surface area contributed by atoms with Crippen LogP contribution in [0, 0.1) is 0 Å². The molecule has 0 aliphatic rings. The largest absolute Gasteiger partial charge is 0.380 e.